The number of benzene rings is 1. The highest BCUT2D eigenvalue weighted by molar-refractivity contribution is 6.09. The smallest absolute Gasteiger partial charge is 0.433 e. The van der Waals surface area contributed by atoms with Crippen molar-refractivity contribution >= 4 is 28.3 Å². The van der Waals surface area contributed by atoms with E-state index in [4.69, 9.17) is 15.2 Å². The van der Waals surface area contributed by atoms with Gasteiger partial charge in [0.1, 0.15) is 30.0 Å². The molecule has 13 heteroatoms. The van der Waals surface area contributed by atoms with E-state index < -0.39 is 29.6 Å². The highest BCUT2D eigenvalue weighted by Gasteiger charge is 2.40. The molecule has 2 N–H and O–H groups in total. The van der Waals surface area contributed by atoms with Crippen LogP contribution in [0.4, 0.5) is 29.1 Å². The summed E-state index contributed by atoms with van der Waals surface area (Å²) >= 11 is 0. The number of nitrogens with two attached hydrogens (primary N) is 1. The highest BCUT2D eigenvalue weighted by Crippen LogP contribution is 2.41. The third-order valence-electron chi connectivity index (χ3n) is 6.47. The van der Waals surface area contributed by atoms with E-state index in [9.17, 15) is 18.0 Å². The fourth-order valence-electron chi connectivity index (χ4n) is 4.70. The van der Waals surface area contributed by atoms with Crippen molar-refractivity contribution in [2.45, 2.75) is 25.4 Å². The molecular weight excluding hydrogens is 496 g/mol. The number of hydrogen-bond acceptors (Lipinski definition) is 7. The number of halogens is 4. The van der Waals surface area contributed by atoms with Gasteiger partial charge in [-0.2, -0.15) is 18.3 Å². The predicted octanol–water partition coefficient (Wildman–Crippen LogP) is 3.91. The summed E-state index contributed by atoms with van der Waals surface area (Å²) in [5.41, 5.74) is 6.87. The first-order valence-corrected chi connectivity index (χ1v) is 11.1. The minimum Gasteiger partial charge on any atom is -0.475 e. The second-order valence-corrected chi connectivity index (χ2v) is 8.76. The number of hydrogen-bond donors (Lipinski definition) is 1. The standard InChI is InChI=1S/C24H18F4N6O3/c1-33-7-11(6-30-33)34(19-10-37-22-12(19)2-3-20(32-22)24(26,27)28)23(35)14-4-13-15-8-36-9-16(15)21(29)31-18(13)5-17(14)25/h2-7,19H,8-10H2,1H3,(H2,29,31). The minimum atomic E-state index is -4.66. The lowest BCUT2D eigenvalue weighted by Crippen LogP contribution is -2.36. The molecule has 0 saturated heterocycles. The van der Waals surface area contributed by atoms with Crippen LogP contribution < -0.4 is 15.4 Å². The predicted molar refractivity (Wildman–Crippen MR) is 122 cm³/mol. The molecule has 0 radical (unpaired) electrons. The number of carbonyl (C=O) groups is 1. The monoisotopic (exact) mass is 514 g/mol. The molecule has 0 saturated carbocycles. The van der Waals surface area contributed by atoms with Crippen LogP contribution in [-0.4, -0.2) is 32.3 Å². The van der Waals surface area contributed by atoms with Gasteiger partial charge in [-0.25, -0.2) is 14.4 Å². The Morgan fingerprint density at radius 2 is 1.97 bits per heavy atom. The van der Waals surface area contributed by atoms with Crippen LogP contribution in [0.15, 0.2) is 36.7 Å². The maximum atomic E-state index is 15.4. The number of fused-ring (bicyclic) bond motifs is 4. The number of nitrogens with zero attached hydrogens (tertiary/aromatic N) is 5. The van der Waals surface area contributed by atoms with Gasteiger partial charge >= 0.3 is 6.18 Å². The second kappa shape index (κ2) is 8.13. The Labute approximate surface area is 206 Å². The van der Waals surface area contributed by atoms with Crippen molar-refractivity contribution in [3.8, 4) is 5.88 Å². The van der Waals surface area contributed by atoms with Gasteiger partial charge in [-0.1, -0.05) is 0 Å². The zero-order valence-corrected chi connectivity index (χ0v) is 19.2. The Kier molecular flexibility index (Phi) is 5.09. The molecule has 0 aliphatic carbocycles. The Balaban J connectivity index is 1.47. The average Bonchev–Trinajstić information content (AvgIpc) is 3.59. The van der Waals surface area contributed by atoms with Crippen LogP contribution in [0.25, 0.3) is 10.9 Å². The zero-order valence-electron chi connectivity index (χ0n) is 19.2. The lowest BCUT2D eigenvalue weighted by atomic mass is 10.0. The topological polar surface area (TPSA) is 108 Å². The Hall–Kier alpha value is -4.26. The molecule has 5 heterocycles. The molecule has 1 aromatic carbocycles. The van der Waals surface area contributed by atoms with Crippen LogP contribution >= 0.6 is 0 Å². The van der Waals surface area contributed by atoms with Crippen molar-refractivity contribution in [3.05, 3.63) is 70.4 Å². The molecule has 9 nitrogen and oxygen atoms in total. The highest BCUT2D eigenvalue weighted by atomic mass is 19.4. The van der Waals surface area contributed by atoms with Crippen molar-refractivity contribution in [2.24, 2.45) is 7.05 Å². The summed E-state index contributed by atoms with van der Waals surface area (Å²) in [6, 6.07) is 3.69. The van der Waals surface area contributed by atoms with Gasteiger partial charge in [0.15, 0.2) is 0 Å². The molecule has 0 bridgehead atoms. The second-order valence-electron chi connectivity index (χ2n) is 8.76. The summed E-state index contributed by atoms with van der Waals surface area (Å²) in [6.45, 7) is 0.317. The summed E-state index contributed by atoms with van der Waals surface area (Å²) in [5.74, 6) is -1.57. The molecule has 0 spiro atoms. The third kappa shape index (κ3) is 3.73. The summed E-state index contributed by atoms with van der Waals surface area (Å²) in [4.78, 5) is 23.0. The maximum Gasteiger partial charge on any atom is 0.433 e. The SMILES string of the molecule is Cn1cc(N(C(=O)c2cc3c4c(c(N)nc3cc2F)COC4)C2COc3nc(C(F)(F)F)ccc32)cn1. The number of aromatic nitrogens is 4. The van der Waals surface area contributed by atoms with Crippen molar-refractivity contribution in [1.29, 1.82) is 0 Å². The molecule has 190 valence electrons. The Bertz CT molecular complexity index is 1590. The van der Waals surface area contributed by atoms with Crippen LogP contribution in [-0.2, 0) is 31.2 Å². The maximum absolute atomic E-state index is 15.4. The Morgan fingerprint density at radius 3 is 2.70 bits per heavy atom. The van der Waals surface area contributed by atoms with E-state index >= 15 is 4.39 Å². The van der Waals surface area contributed by atoms with Gasteiger partial charge in [0.25, 0.3) is 5.91 Å². The van der Waals surface area contributed by atoms with E-state index in [2.05, 4.69) is 15.1 Å². The van der Waals surface area contributed by atoms with Crippen LogP contribution in [0.1, 0.15) is 38.8 Å². The van der Waals surface area contributed by atoms with Crippen molar-refractivity contribution in [2.75, 3.05) is 17.2 Å². The number of anilines is 2. The van der Waals surface area contributed by atoms with E-state index in [1.165, 1.54) is 27.9 Å². The fourth-order valence-corrected chi connectivity index (χ4v) is 4.70. The molecular formula is C24H18F4N6O3. The molecule has 37 heavy (non-hydrogen) atoms. The Morgan fingerprint density at radius 1 is 1.19 bits per heavy atom. The molecule has 4 aromatic rings. The van der Waals surface area contributed by atoms with Gasteiger partial charge < -0.3 is 15.2 Å². The number of aryl methyl sites for hydroxylation is 1. The quantitative estimate of drug-likeness (QED) is 0.413. The summed E-state index contributed by atoms with van der Waals surface area (Å²) < 4.78 is 67.2. The molecule has 2 aliphatic heterocycles. The van der Waals surface area contributed by atoms with E-state index in [1.807, 2.05) is 0 Å². The van der Waals surface area contributed by atoms with E-state index in [1.54, 1.807) is 13.2 Å². The summed E-state index contributed by atoms with van der Waals surface area (Å²) in [6.07, 6.45) is -1.72. The van der Waals surface area contributed by atoms with Gasteiger partial charge in [0.2, 0.25) is 5.88 Å². The largest absolute Gasteiger partial charge is 0.475 e. The first-order chi connectivity index (χ1) is 17.6. The van der Waals surface area contributed by atoms with Gasteiger partial charge in [-0.3, -0.25) is 14.4 Å². The molecule has 2 aliphatic rings. The van der Waals surface area contributed by atoms with Crippen molar-refractivity contribution in [3.63, 3.8) is 0 Å². The molecule has 1 unspecified atom stereocenters. The average molecular weight is 514 g/mol. The van der Waals surface area contributed by atoms with Crippen LogP contribution in [0.3, 0.4) is 0 Å². The van der Waals surface area contributed by atoms with Gasteiger partial charge in [0, 0.05) is 35.8 Å². The third-order valence-corrected chi connectivity index (χ3v) is 6.47. The molecule has 1 amide bonds. The first kappa shape index (κ1) is 23.2. The summed E-state index contributed by atoms with van der Waals surface area (Å²) in [5, 5.41) is 4.63. The normalized spacial score (nSPS) is 16.5. The molecule has 1 atom stereocenters. The number of carbonyl (C=O) groups excluding carboxylic acids is 1. The van der Waals surface area contributed by atoms with Gasteiger partial charge in [-0.05, 0) is 23.8 Å². The number of alkyl halides is 3. The number of pyridine rings is 2. The number of nitrogen functional groups attached to an aromatic ring is 1. The zero-order chi connectivity index (χ0) is 26.1. The van der Waals surface area contributed by atoms with Crippen molar-refractivity contribution < 1.29 is 31.8 Å². The first-order valence-electron chi connectivity index (χ1n) is 11.1. The van der Waals surface area contributed by atoms with Crippen molar-refractivity contribution in [1.82, 2.24) is 19.7 Å². The minimum absolute atomic E-state index is 0.180. The molecule has 0 fully saturated rings. The van der Waals surface area contributed by atoms with E-state index in [0.29, 0.717) is 16.6 Å². The van der Waals surface area contributed by atoms with Crippen LogP contribution in [0.2, 0.25) is 0 Å². The van der Waals surface area contributed by atoms with Crippen LogP contribution in [0.5, 0.6) is 5.88 Å². The van der Waals surface area contributed by atoms with E-state index in [-0.39, 0.29) is 48.2 Å². The number of amides is 1. The van der Waals surface area contributed by atoms with Gasteiger partial charge in [-0.15, -0.1) is 0 Å². The summed E-state index contributed by atoms with van der Waals surface area (Å²) in [7, 11) is 1.64. The molecule has 3 aromatic heterocycles. The van der Waals surface area contributed by atoms with Crippen LogP contribution in [0, 0.1) is 5.82 Å². The lowest BCUT2D eigenvalue weighted by molar-refractivity contribution is -0.141. The number of rotatable bonds is 3. The fraction of sp³-hybridized carbons (Fsp3) is 0.250. The number of ether oxygens (including phenoxy) is 2. The molecule has 6 rings (SSSR count). The van der Waals surface area contributed by atoms with E-state index in [0.717, 1.165) is 17.7 Å². The van der Waals surface area contributed by atoms with Gasteiger partial charge in [0.05, 0.1) is 36.2 Å². The lowest BCUT2D eigenvalue weighted by Gasteiger charge is -2.27.